The van der Waals surface area contributed by atoms with Crippen LogP contribution in [0.15, 0.2) is 36.4 Å². The third kappa shape index (κ3) is 2.95. The molecule has 1 aliphatic heterocycles. The average Bonchev–Trinajstić information content (AvgIpc) is 3.20. The molecule has 0 unspecified atom stereocenters. The van der Waals surface area contributed by atoms with Crippen LogP contribution in [-0.2, 0) is 17.6 Å². The number of benzene rings is 2. The number of hydrogen-bond donors (Lipinski definition) is 1. The number of amides is 3. The van der Waals surface area contributed by atoms with Gasteiger partial charge < -0.3 is 5.32 Å². The molecule has 0 atom stereocenters. The maximum atomic E-state index is 12.4. The maximum absolute atomic E-state index is 12.4. The minimum Gasteiger partial charge on any atom is -0.325 e. The zero-order valence-corrected chi connectivity index (χ0v) is 14.2. The predicted molar refractivity (Wildman–Crippen MR) is 95.6 cm³/mol. The van der Waals surface area contributed by atoms with Crippen molar-refractivity contribution in [1.82, 2.24) is 4.90 Å². The molecule has 0 saturated carbocycles. The van der Waals surface area contributed by atoms with Crippen LogP contribution >= 0.6 is 0 Å². The lowest BCUT2D eigenvalue weighted by molar-refractivity contribution is -0.384. The van der Waals surface area contributed by atoms with E-state index in [0.717, 1.165) is 36.3 Å². The highest BCUT2D eigenvalue weighted by Gasteiger charge is 2.37. The minimum absolute atomic E-state index is 0.0560. The third-order valence-corrected chi connectivity index (χ3v) is 4.85. The number of anilines is 1. The first-order valence-electron chi connectivity index (χ1n) is 8.50. The Bertz CT molecular complexity index is 1010. The summed E-state index contributed by atoms with van der Waals surface area (Å²) in [7, 11) is 0. The highest BCUT2D eigenvalue weighted by molar-refractivity contribution is 6.23. The van der Waals surface area contributed by atoms with Gasteiger partial charge in [-0.25, -0.2) is 0 Å². The average molecular weight is 365 g/mol. The van der Waals surface area contributed by atoms with Crippen LogP contribution in [0.2, 0.25) is 0 Å². The summed E-state index contributed by atoms with van der Waals surface area (Å²) in [5, 5.41) is 13.6. The van der Waals surface area contributed by atoms with Gasteiger partial charge in [-0.3, -0.25) is 29.4 Å². The van der Waals surface area contributed by atoms with Gasteiger partial charge in [0.25, 0.3) is 17.5 Å². The minimum atomic E-state index is -0.706. The summed E-state index contributed by atoms with van der Waals surface area (Å²) >= 11 is 0. The van der Waals surface area contributed by atoms with Gasteiger partial charge >= 0.3 is 0 Å². The monoisotopic (exact) mass is 365 g/mol. The fourth-order valence-corrected chi connectivity index (χ4v) is 3.53. The predicted octanol–water partition coefficient (Wildman–Crippen LogP) is 2.32. The van der Waals surface area contributed by atoms with Gasteiger partial charge in [-0.15, -0.1) is 0 Å². The number of fused-ring (bicyclic) bond motifs is 2. The summed E-state index contributed by atoms with van der Waals surface area (Å²) in [6.07, 6.45) is 3.09. The molecule has 8 nitrogen and oxygen atoms in total. The normalized spacial score (nSPS) is 14.9. The molecule has 0 radical (unpaired) electrons. The van der Waals surface area contributed by atoms with Crippen LogP contribution in [0.5, 0.6) is 0 Å². The fraction of sp³-hybridized carbons (Fsp3) is 0.211. The van der Waals surface area contributed by atoms with E-state index in [1.807, 2.05) is 12.1 Å². The molecule has 0 spiro atoms. The number of hydrogen-bond acceptors (Lipinski definition) is 5. The lowest BCUT2D eigenvalue weighted by Gasteiger charge is -2.14. The molecule has 1 heterocycles. The Morgan fingerprint density at radius 2 is 1.78 bits per heavy atom. The molecule has 2 aromatic carbocycles. The number of imide groups is 1. The number of aryl methyl sites for hydroxylation is 2. The van der Waals surface area contributed by atoms with E-state index in [1.54, 1.807) is 6.07 Å². The van der Waals surface area contributed by atoms with Gasteiger partial charge in [-0.1, -0.05) is 6.07 Å². The molecule has 4 rings (SSSR count). The van der Waals surface area contributed by atoms with Gasteiger partial charge in [0.1, 0.15) is 6.54 Å². The van der Waals surface area contributed by atoms with E-state index in [-0.39, 0.29) is 16.8 Å². The smallest absolute Gasteiger partial charge is 0.270 e. The highest BCUT2D eigenvalue weighted by Crippen LogP contribution is 2.27. The SMILES string of the molecule is O=C(CN1C(=O)c2ccc([N+](=O)[O-])cc2C1=O)Nc1ccc2c(c1)CCC2. The summed E-state index contributed by atoms with van der Waals surface area (Å²) in [5.74, 6) is -1.84. The first kappa shape index (κ1) is 16.9. The number of carbonyl (C=O) groups is 3. The van der Waals surface area contributed by atoms with Crippen molar-refractivity contribution in [3.8, 4) is 0 Å². The van der Waals surface area contributed by atoms with Crippen LogP contribution in [0, 0.1) is 10.1 Å². The Morgan fingerprint density at radius 3 is 2.56 bits per heavy atom. The van der Waals surface area contributed by atoms with Crippen LogP contribution in [0.25, 0.3) is 0 Å². The standard InChI is InChI=1S/C19H15N3O5/c23-17(20-13-5-4-11-2-1-3-12(11)8-13)10-21-18(24)15-7-6-14(22(26)27)9-16(15)19(21)25/h4-9H,1-3,10H2,(H,20,23). The Balaban J connectivity index is 1.49. The lowest BCUT2D eigenvalue weighted by atomic mass is 10.1. The molecule has 2 aromatic rings. The number of rotatable bonds is 4. The second kappa shape index (κ2) is 6.31. The fourth-order valence-electron chi connectivity index (χ4n) is 3.53. The topological polar surface area (TPSA) is 110 Å². The quantitative estimate of drug-likeness (QED) is 0.508. The van der Waals surface area contributed by atoms with Crippen molar-refractivity contribution in [3.63, 3.8) is 0 Å². The molecule has 0 saturated heterocycles. The third-order valence-electron chi connectivity index (χ3n) is 4.85. The molecule has 3 amide bonds. The summed E-state index contributed by atoms with van der Waals surface area (Å²) in [6, 6.07) is 9.15. The Labute approximate surface area is 153 Å². The van der Waals surface area contributed by atoms with E-state index >= 15 is 0 Å². The van der Waals surface area contributed by atoms with Gasteiger partial charge in [-0.2, -0.15) is 0 Å². The van der Waals surface area contributed by atoms with E-state index in [9.17, 15) is 24.5 Å². The van der Waals surface area contributed by atoms with Crippen molar-refractivity contribution >= 4 is 29.1 Å². The van der Waals surface area contributed by atoms with E-state index in [0.29, 0.717) is 5.69 Å². The van der Waals surface area contributed by atoms with Gasteiger partial charge in [0, 0.05) is 17.8 Å². The first-order chi connectivity index (χ1) is 12.9. The van der Waals surface area contributed by atoms with Gasteiger partial charge in [0.2, 0.25) is 5.91 Å². The molecular weight excluding hydrogens is 350 g/mol. The van der Waals surface area contributed by atoms with E-state index in [2.05, 4.69) is 5.32 Å². The van der Waals surface area contributed by atoms with Crippen LogP contribution in [0.4, 0.5) is 11.4 Å². The van der Waals surface area contributed by atoms with Crippen LogP contribution < -0.4 is 5.32 Å². The molecule has 2 aliphatic rings. The van der Waals surface area contributed by atoms with E-state index in [4.69, 9.17) is 0 Å². The summed E-state index contributed by atoms with van der Waals surface area (Å²) in [6.45, 7) is -0.447. The Hall–Kier alpha value is -3.55. The zero-order chi connectivity index (χ0) is 19.1. The van der Waals surface area contributed by atoms with Gasteiger partial charge in [0.05, 0.1) is 16.1 Å². The van der Waals surface area contributed by atoms with Crippen LogP contribution in [0.1, 0.15) is 38.3 Å². The maximum Gasteiger partial charge on any atom is 0.270 e. The number of nitrogens with zero attached hydrogens (tertiary/aromatic N) is 2. The van der Waals surface area contributed by atoms with Crippen molar-refractivity contribution < 1.29 is 19.3 Å². The number of nitro groups is 1. The lowest BCUT2D eigenvalue weighted by Crippen LogP contribution is -2.37. The second-order valence-electron chi connectivity index (χ2n) is 6.57. The molecule has 0 fully saturated rings. The van der Waals surface area contributed by atoms with Crippen molar-refractivity contribution in [2.24, 2.45) is 0 Å². The highest BCUT2D eigenvalue weighted by atomic mass is 16.6. The molecule has 136 valence electrons. The van der Waals surface area contributed by atoms with Crippen LogP contribution in [0.3, 0.4) is 0 Å². The summed E-state index contributed by atoms with van der Waals surface area (Å²) in [5.41, 5.74) is 2.82. The number of nitro benzene ring substituents is 1. The number of nitrogens with one attached hydrogen (secondary N) is 1. The molecule has 0 bridgehead atoms. The summed E-state index contributed by atoms with van der Waals surface area (Å²) < 4.78 is 0. The van der Waals surface area contributed by atoms with Crippen LogP contribution in [-0.4, -0.2) is 34.1 Å². The first-order valence-corrected chi connectivity index (χ1v) is 8.50. The van der Waals surface area contributed by atoms with E-state index < -0.39 is 29.2 Å². The Kier molecular flexibility index (Phi) is 3.95. The molecular formula is C19H15N3O5. The van der Waals surface area contributed by atoms with Crippen molar-refractivity contribution in [1.29, 1.82) is 0 Å². The molecule has 8 heteroatoms. The van der Waals surface area contributed by atoms with Gasteiger partial charge in [-0.05, 0) is 48.6 Å². The molecule has 0 aromatic heterocycles. The largest absolute Gasteiger partial charge is 0.325 e. The molecule has 1 N–H and O–H groups in total. The number of non-ortho nitro benzene ring substituents is 1. The zero-order valence-electron chi connectivity index (χ0n) is 14.2. The summed E-state index contributed by atoms with van der Waals surface area (Å²) in [4.78, 5) is 48.2. The van der Waals surface area contributed by atoms with E-state index in [1.165, 1.54) is 17.2 Å². The van der Waals surface area contributed by atoms with Gasteiger partial charge in [0.15, 0.2) is 0 Å². The van der Waals surface area contributed by atoms with Crippen molar-refractivity contribution in [2.45, 2.75) is 19.3 Å². The number of carbonyl (C=O) groups excluding carboxylic acids is 3. The molecule has 27 heavy (non-hydrogen) atoms. The Morgan fingerprint density at radius 1 is 1.04 bits per heavy atom. The molecule has 1 aliphatic carbocycles. The van der Waals surface area contributed by atoms with Crippen molar-refractivity contribution in [3.05, 3.63) is 68.8 Å². The van der Waals surface area contributed by atoms with Crippen molar-refractivity contribution in [2.75, 3.05) is 11.9 Å². The second-order valence-corrected chi connectivity index (χ2v) is 6.57.